The molecule has 3 aromatic heterocycles. The molecule has 27 atom stereocenters. The van der Waals surface area contributed by atoms with E-state index in [1.54, 1.807) is 41.9 Å². The molecule has 0 radical (unpaired) electrons. The minimum Gasteiger partial charge on any atom is -0.390 e. The summed E-state index contributed by atoms with van der Waals surface area (Å²) in [7, 11) is 5.57. The van der Waals surface area contributed by atoms with E-state index in [1.165, 1.54) is 36.9 Å². The number of fused-ring (bicyclic) bond motifs is 15. The largest absolute Gasteiger partial charge is 0.390 e. The Morgan fingerprint density at radius 1 is 0.462 bits per heavy atom. The third kappa shape index (κ3) is 14.1. The molecule has 12 fully saturated rings. The normalized spacial score (nSPS) is 46.3. The average Bonchev–Trinajstić information content (AvgIpc) is 1.72. The molecule has 0 saturated heterocycles. The first-order chi connectivity index (χ1) is 43.4. The van der Waals surface area contributed by atoms with Crippen molar-refractivity contribution in [3.05, 3.63) is 37.2 Å². The highest BCUT2D eigenvalue weighted by Crippen LogP contribution is 2.68. The fraction of sp³-hybridized carbons (Fsp3) is 0.878. The Morgan fingerprint density at radius 3 is 1.13 bits per heavy atom. The van der Waals surface area contributed by atoms with Crippen molar-refractivity contribution in [1.82, 2.24) is 45.4 Å². The van der Waals surface area contributed by atoms with Gasteiger partial charge in [0.25, 0.3) is 0 Å². The number of aromatic nitrogens is 9. The third-order valence-electron chi connectivity index (χ3n) is 28.9. The highest BCUT2D eigenvalue weighted by Gasteiger charge is 2.64. The molecule has 12 aliphatic carbocycles. The van der Waals surface area contributed by atoms with E-state index >= 15 is 0 Å². The van der Waals surface area contributed by atoms with E-state index in [0.717, 1.165) is 140 Å². The van der Waals surface area contributed by atoms with Crippen LogP contribution in [-0.2, 0) is 41.7 Å². The smallest absolute Gasteiger partial charge is 0.159 e. The predicted molar refractivity (Wildman–Crippen MR) is 361 cm³/mol. The number of aliphatic hydroxyl groups is 3. The number of hydrogen-bond donors (Lipinski definition) is 4. The van der Waals surface area contributed by atoms with Crippen molar-refractivity contribution in [2.45, 2.75) is 259 Å². The number of H-pyrrole nitrogens is 1. The molecule has 15 rings (SSSR count). The fourth-order valence-corrected chi connectivity index (χ4v) is 25.3. The van der Waals surface area contributed by atoms with E-state index < -0.39 is 16.8 Å². The predicted octanol–water partition coefficient (Wildman–Crippen LogP) is 12.7. The van der Waals surface area contributed by atoms with Crippen LogP contribution in [0, 0.1) is 123 Å². The molecular weight excluding hydrogens is 1240 g/mol. The third-order valence-corrected chi connectivity index (χ3v) is 29.4. The van der Waals surface area contributed by atoms with Crippen LogP contribution in [0.3, 0.4) is 0 Å². The molecule has 0 unspecified atom stereocenters. The van der Waals surface area contributed by atoms with Gasteiger partial charge in [0, 0.05) is 45.3 Å². The molecule has 19 heteroatoms. The number of methoxy groups -OCH3 is 3. The molecule has 93 heavy (non-hydrogen) atoms. The molecule has 12 aliphatic rings. The highest BCUT2D eigenvalue weighted by molar-refractivity contribution is 9.09. The Labute approximate surface area is 565 Å². The van der Waals surface area contributed by atoms with Gasteiger partial charge in [0.1, 0.15) is 18.9 Å². The summed E-state index contributed by atoms with van der Waals surface area (Å²) < 4.78 is 19.7. The SMILES string of the molecule is C.C.CO[C@@H]1C[C@@H]2[C@H](CC[C@]3(C)[C@@H](C(=O)CBr)CC[C@@H]23)[C@H]2CC[C@@](C)(O)C[C@H]21.CO[C@@H]1C[C@@H]2[C@H](CC[C@]3(C)[C@@H](C(=O)Cn4ccnn4)CC[C@@H]23)[C@H]2CC[C@@](C)(O)C[C@H]21.CO[C@@H]1C[C@@H]2[C@H](CC[C@]3(C)[C@@H](C(=O)Cn4nccn4)CC[C@@H]23)[C@H]2CC[C@@](C)(O)C[C@H]21.c1cn[nH]n1. The number of ether oxygens (including phenoxy) is 3. The van der Waals surface area contributed by atoms with E-state index in [9.17, 15) is 29.7 Å². The summed E-state index contributed by atoms with van der Waals surface area (Å²) in [5, 5.41) is 58.0. The Kier molecular flexibility index (Phi) is 22.5. The summed E-state index contributed by atoms with van der Waals surface area (Å²) in [6, 6.07) is 0. The fourth-order valence-electron chi connectivity index (χ4n) is 24.9. The van der Waals surface area contributed by atoms with Crippen LogP contribution in [0.4, 0.5) is 0 Å². The molecule has 522 valence electrons. The summed E-state index contributed by atoms with van der Waals surface area (Å²) in [6.07, 6.45) is 36.6. The van der Waals surface area contributed by atoms with Gasteiger partial charge in [0.05, 0.1) is 71.4 Å². The Hall–Kier alpha value is -3.33. The second-order valence-corrected chi connectivity index (χ2v) is 34.0. The standard InChI is InChI=1S/2C24H37N3O3.C22H35BrO3.C2H3N3.2CH4/c1-23(29)8-6-16-15-7-9-24(2)19(17(15)12-22(30-3)18(16)13-23)4-5-20(24)21(28)14-27-11-10-25-26-27;1-23(29)8-6-16-15-7-9-24(2)19(17(15)12-22(30-3)18(16)13-23)4-5-20(24)21(28)14-27-25-10-11-26-27;1-21(25)8-6-14-13-7-9-22(2)17(4-5-18(22)19(24)12-23)15(13)10-20(26-3)16(14)11-21;1-2-4-5-3-1;;/h2*10-11,15-20,22,29H,4-9,12-14H2,1-3H3;13-18,20,25H,4-12H2,1-3H3;1-2H,(H,3,4,5);2*1H4/t2*15-,16-,17-,18-,19+,20-,22-,23-,24+;13-,14-,15-,16-,17+,18-,20-,21-,22+;;;/m111.../s1. The number of ketones is 3. The van der Waals surface area contributed by atoms with E-state index in [1.807, 2.05) is 42.1 Å². The number of carbonyl (C=O) groups excluding carboxylic acids is 3. The lowest BCUT2D eigenvalue weighted by molar-refractivity contribution is -0.155. The average molecular weight is 1360 g/mol. The molecule has 0 aromatic carbocycles. The first-order valence-electron chi connectivity index (χ1n) is 35.8. The van der Waals surface area contributed by atoms with Gasteiger partial charge in [-0.2, -0.15) is 30.4 Å². The first-order valence-corrected chi connectivity index (χ1v) is 36.9. The quantitative estimate of drug-likeness (QED) is 0.130. The van der Waals surface area contributed by atoms with Crippen LogP contribution >= 0.6 is 15.9 Å². The molecule has 0 aliphatic heterocycles. The molecule has 0 bridgehead atoms. The summed E-state index contributed by atoms with van der Waals surface area (Å²) in [5.41, 5.74) is -1.22. The van der Waals surface area contributed by atoms with Crippen LogP contribution in [0.15, 0.2) is 37.2 Å². The maximum Gasteiger partial charge on any atom is 0.159 e. The number of hydrogen-bond acceptors (Lipinski definition) is 15. The highest BCUT2D eigenvalue weighted by atomic mass is 79.9. The summed E-state index contributed by atoms with van der Waals surface area (Å²) in [4.78, 5) is 40.5. The van der Waals surface area contributed by atoms with Gasteiger partial charge in [-0.05, 0) is 280 Å². The van der Waals surface area contributed by atoms with E-state index in [4.69, 9.17) is 14.2 Å². The Balaban J connectivity index is 0.000000145. The molecule has 4 N–H and O–H groups in total. The summed E-state index contributed by atoms with van der Waals surface area (Å²) in [5.74, 6) is 11.2. The van der Waals surface area contributed by atoms with Gasteiger partial charge in [0.15, 0.2) is 11.6 Å². The summed E-state index contributed by atoms with van der Waals surface area (Å²) in [6.45, 7) is 13.9. The van der Waals surface area contributed by atoms with Crippen LogP contribution < -0.4 is 0 Å². The van der Waals surface area contributed by atoms with Gasteiger partial charge in [-0.3, -0.25) is 14.4 Å². The molecule has 3 heterocycles. The van der Waals surface area contributed by atoms with Gasteiger partial charge >= 0.3 is 0 Å². The van der Waals surface area contributed by atoms with Gasteiger partial charge in [0.2, 0.25) is 0 Å². The zero-order valence-electron chi connectivity index (χ0n) is 56.4. The van der Waals surface area contributed by atoms with Gasteiger partial charge < -0.3 is 29.5 Å². The molecule has 12 saturated carbocycles. The van der Waals surface area contributed by atoms with Crippen LogP contribution in [-0.4, -0.2) is 140 Å². The maximum atomic E-state index is 13.2. The topological polar surface area (TPSA) is 243 Å². The van der Waals surface area contributed by atoms with Crippen molar-refractivity contribution in [1.29, 1.82) is 0 Å². The zero-order chi connectivity index (χ0) is 64.4. The van der Waals surface area contributed by atoms with Gasteiger partial charge in [-0.1, -0.05) is 56.8 Å². The van der Waals surface area contributed by atoms with Gasteiger partial charge in [-0.15, -0.1) is 5.10 Å². The minimum absolute atomic E-state index is 0. The van der Waals surface area contributed by atoms with E-state index in [-0.39, 0.29) is 67.2 Å². The number of rotatable bonds is 11. The first kappa shape index (κ1) is 72.4. The number of nitrogens with one attached hydrogen (secondary N) is 1. The van der Waals surface area contributed by atoms with Crippen LogP contribution in [0.1, 0.15) is 210 Å². The van der Waals surface area contributed by atoms with Gasteiger partial charge in [-0.25, -0.2) is 4.68 Å². The molecular formula is C74H120BrN9O9. The van der Waals surface area contributed by atoms with E-state index in [2.05, 4.69) is 72.6 Å². The zero-order valence-corrected chi connectivity index (χ0v) is 58.0. The van der Waals surface area contributed by atoms with Crippen molar-refractivity contribution < 1.29 is 43.9 Å². The lowest BCUT2D eigenvalue weighted by Gasteiger charge is -2.58. The van der Waals surface area contributed by atoms with Crippen LogP contribution in [0.25, 0.3) is 0 Å². The molecule has 0 amide bonds. The minimum atomic E-state index is -0.542. The number of Topliss-reactive ketones (excluding diaryl/α,β-unsaturated/α-hetero) is 3. The monoisotopic (exact) mass is 1360 g/mol. The molecule has 3 aromatic rings. The lowest BCUT2D eigenvalue weighted by atomic mass is 9.48. The number of halogens is 1. The number of aromatic amines is 1. The maximum absolute atomic E-state index is 13.2. The lowest BCUT2D eigenvalue weighted by Crippen LogP contribution is -2.55. The van der Waals surface area contributed by atoms with Crippen LogP contribution in [0.2, 0.25) is 0 Å². The van der Waals surface area contributed by atoms with Crippen molar-refractivity contribution in [3.63, 3.8) is 0 Å². The van der Waals surface area contributed by atoms with Crippen LogP contribution in [0.5, 0.6) is 0 Å². The molecule has 18 nitrogen and oxygen atoms in total. The second kappa shape index (κ2) is 28.9. The van der Waals surface area contributed by atoms with Crippen molar-refractivity contribution >= 4 is 33.3 Å². The van der Waals surface area contributed by atoms with Crippen molar-refractivity contribution in [3.8, 4) is 0 Å². The second-order valence-electron chi connectivity index (χ2n) is 33.4. The Bertz CT molecular complexity index is 2760. The summed E-state index contributed by atoms with van der Waals surface area (Å²) >= 11 is 3.42. The molecule has 0 spiro atoms. The number of nitrogens with zero attached hydrogens (tertiary/aromatic N) is 8. The van der Waals surface area contributed by atoms with Crippen molar-refractivity contribution in [2.75, 3.05) is 26.7 Å². The van der Waals surface area contributed by atoms with Crippen molar-refractivity contribution in [2.24, 2.45) is 123 Å². The van der Waals surface area contributed by atoms with E-state index in [0.29, 0.717) is 107 Å². The number of alkyl halides is 1. The Morgan fingerprint density at radius 2 is 0.806 bits per heavy atom. The number of carbonyl (C=O) groups is 3.